The molecule has 0 aliphatic carbocycles. The minimum absolute atomic E-state index is 0.0829. The molecule has 1 fully saturated rings. The highest BCUT2D eigenvalue weighted by Crippen LogP contribution is 2.23. The van der Waals surface area contributed by atoms with Gasteiger partial charge in [0.1, 0.15) is 12.7 Å². The molecule has 1 saturated heterocycles. The summed E-state index contributed by atoms with van der Waals surface area (Å²) in [5.41, 5.74) is 1.12. The number of pyridine rings is 1. The van der Waals surface area contributed by atoms with Gasteiger partial charge in [0.2, 0.25) is 0 Å². The standard InChI is InChI=1S/C17H19N7O/c25-17-2-1-16(24-13-19-12-20-24)21-23(17)11-14-5-9-22(10-6-14)15-3-7-18-8-4-15/h1-4,7-8,12-14H,5-6,9-11H2. The molecular weight excluding hydrogens is 318 g/mol. The van der Waals surface area contributed by atoms with Crippen molar-refractivity contribution >= 4 is 5.69 Å². The summed E-state index contributed by atoms with van der Waals surface area (Å²) in [7, 11) is 0. The molecule has 0 saturated carbocycles. The Hall–Kier alpha value is -3.03. The van der Waals surface area contributed by atoms with Crippen LogP contribution in [0, 0.1) is 5.92 Å². The second-order valence-corrected chi connectivity index (χ2v) is 6.19. The van der Waals surface area contributed by atoms with Gasteiger partial charge in [-0.15, -0.1) is 5.10 Å². The number of rotatable bonds is 4. The van der Waals surface area contributed by atoms with Crippen molar-refractivity contribution in [3.05, 3.63) is 59.7 Å². The number of aromatic nitrogens is 6. The first kappa shape index (κ1) is 15.5. The van der Waals surface area contributed by atoms with E-state index in [0.29, 0.717) is 18.3 Å². The van der Waals surface area contributed by atoms with E-state index >= 15 is 0 Å². The average Bonchev–Trinajstić information content (AvgIpc) is 3.20. The summed E-state index contributed by atoms with van der Waals surface area (Å²) in [5, 5.41) is 8.49. The maximum Gasteiger partial charge on any atom is 0.266 e. The molecule has 0 N–H and O–H groups in total. The molecule has 0 unspecified atom stereocenters. The van der Waals surface area contributed by atoms with E-state index in [9.17, 15) is 4.79 Å². The SMILES string of the molecule is O=c1ccc(-n2cncn2)nn1CC1CCN(c2ccncc2)CC1. The minimum Gasteiger partial charge on any atom is -0.371 e. The molecule has 8 nitrogen and oxygen atoms in total. The Morgan fingerprint density at radius 1 is 1.04 bits per heavy atom. The van der Waals surface area contributed by atoms with Gasteiger partial charge in [-0.1, -0.05) is 0 Å². The highest BCUT2D eigenvalue weighted by molar-refractivity contribution is 5.44. The molecule has 0 atom stereocenters. The van der Waals surface area contributed by atoms with E-state index in [4.69, 9.17) is 0 Å². The van der Waals surface area contributed by atoms with Crippen LogP contribution in [0.25, 0.3) is 5.82 Å². The van der Waals surface area contributed by atoms with Crippen LogP contribution in [-0.2, 0) is 6.54 Å². The smallest absolute Gasteiger partial charge is 0.266 e. The third-order valence-electron chi connectivity index (χ3n) is 4.58. The van der Waals surface area contributed by atoms with E-state index < -0.39 is 0 Å². The van der Waals surface area contributed by atoms with Crippen LogP contribution in [0.1, 0.15) is 12.8 Å². The zero-order chi connectivity index (χ0) is 17.1. The molecule has 25 heavy (non-hydrogen) atoms. The van der Waals surface area contributed by atoms with Crippen molar-refractivity contribution in [1.29, 1.82) is 0 Å². The van der Waals surface area contributed by atoms with Crippen molar-refractivity contribution in [3.8, 4) is 5.82 Å². The highest BCUT2D eigenvalue weighted by atomic mass is 16.1. The summed E-state index contributed by atoms with van der Waals surface area (Å²) in [6, 6.07) is 7.28. The van der Waals surface area contributed by atoms with Crippen LogP contribution in [0.4, 0.5) is 5.69 Å². The molecule has 0 radical (unpaired) electrons. The summed E-state index contributed by atoms with van der Waals surface area (Å²) in [6.45, 7) is 2.59. The largest absolute Gasteiger partial charge is 0.371 e. The summed E-state index contributed by atoms with van der Waals surface area (Å²) < 4.78 is 3.10. The minimum atomic E-state index is -0.0829. The van der Waals surface area contributed by atoms with Gasteiger partial charge in [-0.25, -0.2) is 14.3 Å². The number of hydrogen-bond donors (Lipinski definition) is 0. The van der Waals surface area contributed by atoms with Gasteiger partial charge < -0.3 is 4.90 Å². The molecule has 3 aromatic heterocycles. The molecule has 4 rings (SSSR count). The van der Waals surface area contributed by atoms with Crippen molar-refractivity contribution in [2.75, 3.05) is 18.0 Å². The van der Waals surface area contributed by atoms with Crippen molar-refractivity contribution in [1.82, 2.24) is 29.5 Å². The van der Waals surface area contributed by atoms with Gasteiger partial charge in [0.15, 0.2) is 5.82 Å². The molecule has 4 heterocycles. The second-order valence-electron chi connectivity index (χ2n) is 6.19. The average molecular weight is 337 g/mol. The van der Waals surface area contributed by atoms with Gasteiger partial charge in [-0.3, -0.25) is 9.78 Å². The first-order valence-electron chi connectivity index (χ1n) is 8.38. The fraction of sp³-hybridized carbons (Fsp3) is 0.353. The Kier molecular flexibility index (Phi) is 4.24. The second kappa shape index (κ2) is 6.84. The van der Waals surface area contributed by atoms with Gasteiger partial charge in [-0.2, -0.15) is 5.10 Å². The number of hydrogen-bond acceptors (Lipinski definition) is 6. The van der Waals surface area contributed by atoms with Crippen molar-refractivity contribution in [3.63, 3.8) is 0 Å². The predicted octanol–water partition coefficient (Wildman–Crippen LogP) is 1.14. The third kappa shape index (κ3) is 3.42. The maximum atomic E-state index is 12.1. The lowest BCUT2D eigenvalue weighted by atomic mass is 9.96. The van der Waals surface area contributed by atoms with Gasteiger partial charge in [0.25, 0.3) is 5.56 Å². The Morgan fingerprint density at radius 3 is 2.56 bits per heavy atom. The van der Waals surface area contributed by atoms with Crippen LogP contribution in [0.3, 0.4) is 0 Å². The normalized spacial score (nSPS) is 15.4. The molecule has 0 spiro atoms. The Bertz CT molecular complexity index is 868. The zero-order valence-corrected chi connectivity index (χ0v) is 13.8. The fourth-order valence-electron chi connectivity index (χ4n) is 3.19. The van der Waals surface area contributed by atoms with E-state index in [-0.39, 0.29) is 5.56 Å². The van der Waals surface area contributed by atoms with Gasteiger partial charge >= 0.3 is 0 Å². The van der Waals surface area contributed by atoms with Crippen LogP contribution >= 0.6 is 0 Å². The van der Waals surface area contributed by atoms with E-state index in [1.54, 1.807) is 21.8 Å². The van der Waals surface area contributed by atoms with E-state index in [1.807, 2.05) is 24.5 Å². The zero-order valence-electron chi connectivity index (χ0n) is 13.8. The highest BCUT2D eigenvalue weighted by Gasteiger charge is 2.20. The lowest BCUT2D eigenvalue weighted by Gasteiger charge is -2.33. The van der Waals surface area contributed by atoms with Crippen molar-refractivity contribution in [2.45, 2.75) is 19.4 Å². The van der Waals surface area contributed by atoms with Gasteiger partial charge in [0, 0.05) is 43.8 Å². The van der Waals surface area contributed by atoms with E-state index in [1.165, 1.54) is 18.1 Å². The van der Waals surface area contributed by atoms with Crippen LogP contribution in [0.15, 0.2) is 54.1 Å². The maximum absolute atomic E-state index is 12.1. The molecule has 1 aliphatic rings. The molecule has 0 bridgehead atoms. The van der Waals surface area contributed by atoms with Crippen LogP contribution in [-0.4, -0.2) is 42.6 Å². The first-order chi connectivity index (χ1) is 12.3. The topological polar surface area (TPSA) is 81.7 Å². The monoisotopic (exact) mass is 337 g/mol. The summed E-state index contributed by atoms with van der Waals surface area (Å²) >= 11 is 0. The number of nitrogens with zero attached hydrogens (tertiary/aromatic N) is 7. The Morgan fingerprint density at radius 2 is 1.84 bits per heavy atom. The molecule has 0 aromatic carbocycles. The molecule has 1 aliphatic heterocycles. The van der Waals surface area contributed by atoms with Crippen LogP contribution in [0.2, 0.25) is 0 Å². The number of piperidine rings is 1. The van der Waals surface area contributed by atoms with Gasteiger partial charge in [-0.05, 0) is 37.0 Å². The molecule has 0 amide bonds. The lowest BCUT2D eigenvalue weighted by Crippen LogP contribution is -2.37. The fourth-order valence-corrected chi connectivity index (χ4v) is 3.19. The summed E-state index contributed by atoms with van der Waals surface area (Å²) in [6.07, 6.45) is 8.73. The first-order valence-corrected chi connectivity index (χ1v) is 8.38. The number of anilines is 1. The molecule has 8 heteroatoms. The quantitative estimate of drug-likeness (QED) is 0.710. The van der Waals surface area contributed by atoms with Crippen LogP contribution < -0.4 is 10.5 Å². The predicted molar refractivity (Wildman–Crippen MR) is 92.6 cm³/mol. The summed E-state index contributed by atoms with van der Waals surface area (Å²) in [5.74, 6) is 1.04. The Labute approximate surface area is 144 Å². The van der Waals surface area contributed by atoms with Gasteiger partial charge in [0.05, 0.1) is 0 Å². The summed E-state index contributed by atoms with van der Waals surface area (Å²) in [4.78, 5) is 22.5. The van der Waals surface area contributed by atoms with E-state index in [2.05, 4.69) is 25.1 Å². The van der Waals surface area contributed by atoms with Crippen molar-refractivity contribution in [2.24, 2.45) is 5.92 Å². The van der Waals surface area contributed by atoms with E-state index in [0.717, 1.165) is 25.9 Å². The Balaban J connectivity index is 1.43. The lowest BCUT2D eigenvalue weighted by molar-refractivity contribution is 0.334. The third-order valence-corrected chi connectivity index (χ3v) is 4.58. The molecule has 3 aromatic rings. The van der Waals surface area contributed by atoms with Crippen LogP contribution in [0.5, 0.6) is 0 Å². The molecule has 128 valence electrons. The van der Waals surface area contributed by atoms with Crippen molar-refractivity contribution < 1.29 is 0 Å². The molecular formula is C17H19N7O.